The van der Waals surface area contributed by atoms with Crippen molar-refractivity contribution in [2.75, 3.05) is 0 Å². The minimum atomic E-state index is -0.0378. The minimum absolute atomic E-state index is 0.0313. The molecule has 0 radical (unpaired) electrons. The lowest BCUT2D eigenvalue weighted by molar-refractivity contribution is 0.314. The van der Waals surface area contributed by atoms with E-state index in [1.165, 1.54) is 56.1 Å². The van der Waals surface area contributed by atoms with Crippen molar-refractivity contribution in [1.82, 2.24) is 0 Å². The topological polar surface area (TPSA) is 0 Å². The maximum Gasteiger partial charge on any atom is 0.127 e. The zero-order valence-electron chi connectivity index (χ0n) is 21.7. The quantitative estimate of drug-likeness (QED) is 0.402. The molecule has 2 aromatic rings. The summed E-state index contributed by atoms with van der Waals surface area (Å²) >= 11 is 0. The lowest BCUT2D eigenvalue weighted by Gasteiger charge is -2.29. The highest BCUT2D eigenvalue weighted by molar-refractivity contribution is 5.67. The summed E-state index contributed by atoms with van der Waals surface area (Å²) < 4.78 is 30.2. The maximum absolute atomic E-state index is 15.1. The molecule has 0 aromatic heterocycles. The Morgan fingerprint density at radius 3 is 2.00 bits per heavy atom. The molecule has 0 N–H and O–H groups in total. The Labute approximate surface area is 211 Å². The van der Waals surface area contributed by atoms with Crippen molar-refractivity contribution >= 4 is 5.57 Å². The monoisotopic (exact) mass is 476 g/mol. The third-order valence-electron chi connectivity index (χ3n) is 9.60. The second-order valence-corrected chi connectivity index (χ2v) is 11.8. The molecule has 2 aromatic carbocycles. The van der Waals surface area contributed by atoms with Crippen LogP contribution in [-0.2, 0) is 0 Å². The van der Waals surface area contributed by atoms with E-state index in [0.717, 1.165) is 60.6 Å². The summed E-state index contributed by atoms with van der Waals surface area (Å²) in [4.78, 5) is 0. The largest absolute Gasteiger partial charge is 0.207 e. The first-order valence-electron chi connectivity index (χ1n) is 14.3. The Morgan fingerprint density at radius 1 is 0.714 bits per heavy atom. The fourth-order valence-electron chi connectivity index (χ4n) is 7.04. The predicted molar refractivity (Wildman–Crippen MR) is 143 cm³/mol. The zero-order valence-corrected chi connectivity index (χ0v) is 21.7. The van der Waals surface area contributed by atoms with Crippen LogP contribution in [0.5, 0.6) is 0 Å². The van der Waals surface area contributed by atoms with Gasteiger partial charge in [-0.2, -0.15) is 0 Å². The van der Waals surface area contributed by atoms with Gasteiger partial charge in [-0.1, -0.05) is 63.5 Å². The average molecular weight is 477 g/mol. The number of rotatable bonds is 5. The molecule has 1 unspecified atom stereocenters. The molecular formula is C33H42F2. The van der Waals surface area contributed by atoms with Gasteiger partial charge in [0.2, 0.25) is 0 Å². The van der Waals surface area contributed by atoms with E-state index in [4.69, 9.17) is 0 Å². The van der Waals surface area contributed by atoms with E-state index in [1.54, 1.807) is 6.07 Å². The highest BCUT2D eigenvalue weighted by atomic mass is 19.1. The van der Waals surface area contributed by atoms with Gasteiger partial charge >= 0.3 is 0 Å². The van der Waals surface area contributed by atoms with Crippen molar-refractivity contribution in [1.29, 1.82) is 0 Å². The smallest absolute Gasteiger partial charge is 0.127 e. The summed E-state index contributed by atoms with van der Waals surface area (Å²) in [5, 5.41) is 0. The van der Waals surface area contributed by atoms with Crippen LogP contribution >= 0.6 is 0 Å². The van der Waals surface area contributed by atoms with Crippen molar-refractivity contribution < 1.29 is 8.78 Å². The van der Waals surface area contributed by atoms with Crippen molar-refractivity contribution in [3.05, 3.63) is 76.4 Å². The van der Waals surface area contributed by atoms with E-state index in [1.807, 2.05) is 18.2 Å². The molecule has 2 saturated carbocycles. The first-order chi connectivity index (χ1) is 17.0. The van der Waals surface area contributed by atoms with E-state index in [-0.39, 0.29) is 17.6 Å². The molecule has 35 heavy (non-hydrogen) atoms. The van der Waals surface area contributed by atoms with E-state index in [9.17, 15) is 0 Å². The first kappa shape index (κ1) is 24.7. The van der Waals surface area contributed by atoms with Gasteiger partial charge in [-0.05, 0) is 127 Å². The van der Waals surface area contributed by atoms with Gasteiger partial charge in [0.15, 0.2) is 0 Å². The standard InChI is InChI=1S/C33H42F2/c1-3-23-6-10-26(11-7-23)30-18-17-29(21-32(30)34)25-12-14-27(15-13-25)31-19-16-28(20-33(31)35)24-8-4-22(2)5-9-24/h12,16-24,26-27H,3-11,13-15H2,1-2H3. The maximum atomic E-state index is 15.1. The first-order valence-corrected chi connectivity index (χ1v) is 14.3. The van der Waals surface area contributed by atoms with Gasteiger partial charge in [0, 0.05) is 0 Å². The molecule has 0 spiro atoms. The summed E-state index contributed by atoms with van der Waals surface area (Å²) in [5.74, 6) is 2.68. The minimum Gasteiger partial charge on any atom is -0.207 e. The van der Waals surface area contributed by atoms with Crippen LogP contribution < -0.4 is 0 Å². The second-order valence-electron chi connectivity index (χ2n) is 11.8. The van der Waals surface area contributed by atoms with Crippen LogP contribution in [0.15, 0.2) is 42.5 Å². The Balaban J connectivity index is 1.23. The molecule has 3 aliphatic rings. The third kappa shape index (κ3) is 5.57. The third-order valence-corrected chi connectivity index (χ3v) is 9.60. The predicted octanol–water partition coefficient (Wildman–Crippen LogP) is 10.3. The van der Waals surface area contributed by atoms with Gasteiger partial charge in [0.1, 0.15) is 11.6 Å². The van der Waals surface area contributed by atoms with Crippen molar-refractivity contribution in [2.24, 2.45) is 11.8 Å². The van der Waals surface area contributed by atoms with Crippen molar-refractivity contribution in [3.63, 3.8) is 0 Å². The Kier molecular flexibility index (Phi) is 7.75. The van der Waals surface area contributed by atoms with Gasteiger partial charge in [-0.15, -0.1) is 0 Å². The van der Waals surface area contributed by atoms with Crippen LogP contribution in [0.3, 0.4) is 0 Å². The summed E-state index contributed by atoms with van der Waals surface area (Å²) in [6.07, 6.45) is 15.7. The molecule has 2 fully saturated rings. The fraction of sp³-hybridized carbons (Fsp3) is 0.576. The van der Waals surface area contributed by atoms with Gasteiger partial charge < -0.3 is 0 Å². The summed E-state index contributed by atoms with van der Waals surface area (Å²) in [6, 6.07) is 12.0. The molecule has 5 rings (SSSR count). The van der Waals surface area contributed by atoms with E-state index < -0.39 is 0 Å². The van der Waals surface area contributed by atoms with Crippen LogP contribution in [0, 0.1) is 23.5 Å². The number of halogens is 2. The van der Waals surface area contributed by atoms with Crippen LogP contribution in [0.4, 0.5) is 8.78 Å². The SMILES string of the molecule is CCC1CCC(c2ccc(C3=CCC(c4ccc(C5CCC(C)CC5)cc4F)CC3)cc2F)CC1. The zero-order chi connectivity index (χ0) is 24.4. The molecule has 0 saturated heterocycles. The van der Waals surface area contributed by atoms with Crippen molar-refractivity contribution in [3.8, 4) is 0 Å². The summed E-state index contributed by atoms with van der Waals surface area (Å²) in [7, 11) is 0. The highest BCUT2D eigenvalue weighted by Crippen LogP contribution is 2.42. The number of allylic oxidation sites excluding steroid dienone is 2. The van der Waals surface area contributed by atoms with Crippen LogP contribution in [0.25, 0.3) is 5.57 Å². The molecular weight excluding hydrogens is 434 g/mol. The Bertz CT molecular complexity index is 1040. The molecule has 0 amide bonds. The lowest BCUT2D eigenvalue weighted by Crippen LogP contribution is -2.14. The highest BCUT2D eigenvalue weighted by Gasteiger charge is 2.26. The van der Waals surface area contributed by atoms with Gasteiger partial charge in [-0.25, -0.2) is 8.78 Å². The molecule has 0 bridgehead atoms. The number of hydrogen-bond donors (Lipinski definition) is 0. The molecule has 0 heterocycles. The second kappa shape index (κ2) is 11.0. The van der Waals surface area contributed by atoms with Gasteiger partial charge in [0.25, 0.3) is 0 Å². The van der Waals surface area contributed by atoms with Gasteiger partial charge in [0.05, 0.1) is 0 Å². The van der Waals surface area contributed by atoms with Crippen LogP contribution in [0.2, 0.25) is 0 Å². The molecule has 1 atom stereocenters. The molecule has 0 aliphatic heterocycles. The average Bonchev–Trinajstić information content (AvgIpc) is 2.89. The van der Waals surface area contributed by atoms with E-state index >= 15 is 8.78 Å². The molecule has 0 nitrogen and oxygen atoms in total. The molecule has 3 aliphatic carbocycles. The lowest BCUT2D eigenvalue weighted by atomic mass is 9.77. The number of hydrogen-bond acceptors (Lipinski definition) is 0. The Hall–Kier alpha value is -1.96. The van der Waals surface area contributed by atoms with Crippen molar-refractivity contribution in [2.45, 2.75) is 109 Å². The summed E-state index contributed by atoms with van der Waals surface area (Å²) in [5.41, 5.74) is 5.18. The van der Waals surface area contributed by atoms with E-state index in [2.05, 4.69) is 32.1 Å². The van der Waals surface area contributed by atoms with Crippen LogP contribution in [-0.4, -0.2) is 0 Å². The number of benzene rings is 2. The molecule has 188 valence electrons. The summed E-state index contributed by atoms with van der Waals surface area (Å²) in [6.45, 7) is 4.59. The fourth-order valence-corrected chi connectivity index (χ4v) is 7.04. The van der Waals surface area contributed by atoms with Gasteiger partial charge in [-0.3, -0.25) is 0 Å². The van der Waals surface area contributed by atoms with E-state index in [0.29, 0.717) is 11.8 Å². The molecule has 2 heteroatoms. The normalized spacial score (nSPS) is 29.6. The van der Waals surface area contributed by atoms with Crippen LogP contribution in [0.1, 0.15) is 131 Å². The Morgan fingerprint density at radius 2 is 1.37 bits per heavy atom.